The van der Waals surface area contributed by atoms with E-state index in [4.69, 9.17) is 5.11 Å². The molecule has 0 saturated carbocycles. The van der Waals surface area contributed by atoms with E-state index in [1.54, 1.807) is 0 Å². The summed E-state index contributed by atoms with van der Waals surface area (Å²) in [6, 6.07) is 3.86. The number of rotatable bonds is 6. The summed E-state index contributed by atoms with van der Waals surface area (Å²) in [6.07, 6.45) is 7.79. The first-order valence-corrected chi connectivity index (χ1v) is 7.01. The predicted molar refractivity (Wildman–Crippen MR) is 79.7 cm³/mol. The SMILES string of the molecule is O=C(O)c1cc([N+](=O)[O-])ccc1NCCC1=CCCCC1. The van der Waals surface area contributed by atoms with E-state index in [2.05, 4.69) is 11.4 Å². The molecule has 0 atom stereocenters. The van der Waals surface area contributed by atoms with Crippen molar-refractivity contribution in [2.24, 2.45) is 0 Å². The van der Waals surface area contributed by atoms with Gasteiger partial charge in [0.15, 0.2) is 0 Å². The van der Waals surface area contributed by atoms with E-state index in [0.717, 1.165) is 25.3 Å². The number of carboxylic acids is 1. The number of nitrogens with one attached hydrogen (secondary N) is 1. The van der Waals surface area contributed by atoms with Crippen LogP contribution in [0.5, 0.6) is 0 Å². The minimum Gasteiger partial charge on any atom is -0.478 e. The van der Waals surface area contributed by atoms with Crippen LogP contribution in [0.1, 0.15) is 42.5 Å². The van der Waals surface area contributed by atoms with Crippen LogP contribution in [0.2, 0.25) is 0 Å². The number of allylic oxidation sites excluding steroid dienone is 1. The van der Waals surface area contributed by atoms with Gasteiger partial charge in [0.2, 0.25) is 0 Å². The molecule has 0 spiro atoms. The molecule has 0 aliphatic heterocycles. The van der Waals surface area contributed by atoms with E-state index in [-0.39, 0.29) is 11.3 Å². The Morgan fingerprint density at radius 3 is 2.81 bits per heavy atom. The maximum Gasteiger partial charge on any atom is 0.338 e. The highest BCUT2D eigenvalue weighted by Gasteiger charge is 2.15. The molecule has 21 heavy (non-hydrogen) atoms. The maximum atomic E-state index is 11.2. The van der Waals surface area contributed by atoms with Gasteiger partial charge in [-0.15, -0.1) is 0 Å². The van der Waals surface area contributed by atoms with Gasteiger partial charge in [-0.1, -0.05) is 11.6 Å². The fourth-order valence-corrected chi connectivity index (χ4v) is 2.47. The predicted octanol–water partition coefficient (Wildman–Crippen LogP) is 3.60. The molecule has 2 rings (SSSR count). The van der Waals surface area contributed by atoms with Crippen LogP contribution >= 0.6 is 0 Å². The zero-order valence-electron chi connectivity index (χ0n) is 11.7. The average molecular weight is 290 g/mol. The van der Waals surface area contributed by atoms with Crippen LogP contribution in [0.4, 0.5) is 11.4 Å². The van der Waals surface area contributed by atoms with E-state index in [1.165, 1.54) is 30.5 Å². The van der Waals surface area contributed by atoms with Crippen molar-refractivity contribution in [3.8, 4) is 0 Å². The summed E-state index contributed by atoms with van der Waals surface area (Å²) < 4.78 is 0. The van der Waals surface area contributed by atoms with Crippen molar-refractivity contribution < 1.29 is 14.8 Å². The second-order valence-corrected chi connectivity index (χ2v) is 5.08. The number of nitro groups is 1. The number of hydrogen-bond acceptors (Lipinski definition) is 4. The van der Waals surface area contributed by atoms with Gasteiger partial charge in [0.1, 0.15) is 0 Å². The highest BCUT2D eigenvalue weighted by atomic mass is 16.6. The first-order chi connectivity index (χ1) is 10.1. The normalized spacial score (nSPS) is 14.4. The second-order valence-electron chi connectivity index (χ2n) is 5.08. The molecule has 0 saturated heterocycles. The summed E-state index contributed by atoms with van der Waals surface area (Å²) in [5.41, 5.74) is 1.53. The van der Waals surface area contributed by atoms with Crippen LogP contribution in [0.3, 0.4) is 0 Å². The number of nitro benzene ring substituents is 1. The Balaban J connectivity index is 2.03. The molecule has 1 aliphatic carbocycles. The van der Waals surface area contributed by atoms with Crippen LogP contribution in [0, 0.1) is 10.1 Å². The van der Waals surface area contributed by atoms with Crippen molar-refractivity contribution in [3.05, 3.63) is 45.5 Å². The molecule has 0 bridgehead atoms. The molecule has 1 aromatic carbocycles. The molecule has 6 heteroatoms. The Bertz CT molecular complexity index is 581. The minimum atomic E-state index is -1.17. The fourth-order valence-electron chi connectivity index (χ4n) is 2.47. The van der Waals surface area contributed by atoms with Gasteiger partial charge in [-0.2, -0.15) is 0 Å². The molecule has 0 heterocycles. The number of carbonyl (C=O) groups is 1. The van der Waals surface area contributed by atoms with E-state index >= 15 is 0 Å². The number of benzene rings is 1. The van der Waals surface area contributed by atoms with Crippen molar-refractivity contribution in [1.29, 1.82) is 0 Å². The van der Waals surface area contributed by atoms with Crippen molar-refractivity contribution >= 4 is 17.3 Å². The monoisotopic (exact) mass is 290 g/mol. The summed E-state index contributed by atoms with van der Waals surface area (Å²) in [6.45, 7) is 0.629. The molecule has 0 aromatic heterocycles. The lowest BCUT2D eigenvalue weighted by Crippen LogP contribution is -2.09. The van der Waals surface area contributed by atoms with Crippen molar-refractivity contribution in [1.82, 2.24) is 0 Å². The highest BCUT2D eigenvalue weighted by Crippen LogP contribution is 2.24. The Morgan fingerprint density at radius 2 is 2.19 bits per heavy atom. The number of aromatic carboxylic acids is 1. The third kappa shape index (κ3) is 4.05. The van der Waals surface area contributed by atoms with Gasteiger partial charge in [-0.25, -0.2) is 4.79 Å². The summed E-state index contributed by atoms with van der Waals surface area (Å²) >= 11 is 0. The number of nitrogens with zero attached hydrogens (tertiary/aromatic N) is 1. The molecular weight excluding hydrogens is 272 g/mol. The van der Waals surface area contributed by atoms with E-state index < -0.39 is 10.9 Å². The summed E-state index contributed by atoms with van der Waals surface area (Å²) in [4.78, 5) is 21.3. The van der Waals surface area contributed by atoms with E-state index in [0.29, 0.717) is 12.2 Å². The van der Waals surface area contributed by atoms with Crippen molar-refractivity contribution in [2.45, 2.75) is 32.1 Å². The van der Waals surface area contributed by atoms with Crippen LogP contribution in [-0.4, -0.2) is 22.5 Å². The number of anilines is 1. The summed E-state index contributed by atoms with van der Waals surface area (Å²) in [5.74, 6) is -1.17. The van der Waals surface area contributed by atoms with Gasteiger partial charge < -0.3 is 10.4 Å². The second kappa shape index (κ2) is 6.88. The summed E-state index contributed by atoms with van der Waals surface area (Å²) in [7, 11) is 0. The van der Waals surface area contributed by atoms with Gasteiger partial charge in [-0.05, 0) is 38.2 Å². The molecular formula is C15H18N2O4. The molecule has 0 radical (unpaired) electrons. The average Bonchev–Trinajstić information content (AvgIpc) is 2.48. The molecule has 1 aliphatic rings. The van der Waals surface area contributed by atoms with Crippen molar-refractivity contribution in [2.75, 3.05) is 11.9 Å². The highest BCUT2D eigenvalue weighted by molar-refractivity contribution is 5.95. The van der Waals surface area contributed by atoms with Gasteiger partial charge in [0.05, 0.1) is 10.5 Å². The lowest BCUT2D eigenvalue weighted by atomic mass is 9.97. The van der Waals surface area contributed by atoms with Gasteiger partial charge in [0.25, 0.3) is 5.69 Å². The third-order valence-corrected chi connectivity index (χ3v) is 3.59. The lowest BCUT2D eigenvalue weighted by Gasteiger charge is -2.14. The first-order valence-electron chi connectivity index (χ1n) is 7.01. The Labute approximate surface area is 122 Å². The molecule has 112 valence electrons. The van der Waals surface area contributed by atoms with Crippen LogP contribution in [-0.2, 0) is 0 Å². The first kappa shape index (κ1) is 15.0. The topological polar surface area (TPSA) is 92.5 Å². The standard InChI is InChI=1S/C15H18N2O4/c18-15(19)13-10-12(17(20)21)6-7-14(13)16-9-8-11-4-2-1-3-5-11/h4,6-7,10,16H,1-3,5,8-9H2,(H,18,19). The Hall–Kier alpha value is -2.37. The number of carboxylic acid groups (broad SMARTS) is 1. The molecule has 0 unspecified atom stereocenters. The quantitative estimate of drug-likeness (QED) is 0.474. The minimum absolute atomic E-state index is 0.0678. The van der Waals surface area contributed by atoms with E-state index in [9.17, 15) is 14.9 Å². The van der Waals surface area contributed by atoms with Crippen molar-refractivity contribution in [3.63, 3.8) is 0 Å². The largest absolute Gasteiger partial charge is 0.478 e. The van der Waals surface area contributed by atoms with E-state index in [1.807, 2.05) is 0 Å². The smallest absolute Gasteiger partial charge is 0.338 e. The zero-order valence-corrected chi connectivity index (χ0v) is 11.7. The van der Waals surface area contributed by atoms with Gasteiger partial charge in [-0.3, -0.25) is 10.1 Å². The molecule has 0 amide bonds. The Kier molecular flexibility index (Phi) is 4.92. The molecule has 6 nitrogen and oxygen atoms in total. The molecule has 1 aromatic rings. The number of hydrogen-bond donors (Lipinski definition) is 2. The molecule has 0 fully saturated rings. The third-order valence-electron chi connectivity index (χ3n) is 3.59. The zero-order chi connectivity index (χ0) is 15.2. The fraction of sp³-hybridized carbons (Fsp3) is 0.400. The van der Waals surface area contributed by atoms with Crippen LogP contribution < -0.4 is 5.32 Å². The van der Waals surface area contributed by atoms with Crippen LogP contribution in [0.15, 0.2) is 29.8 Å². The molecule has 2 N–H and O–H groups in total. The summed E-state index contributed by atoms with van der Waals surface area (Å²) in [5, 5.41) is 22.9. The number of non-ortho nitro benzene ring substituents is 1. The van der Waals surface area contributed by atoms with Gasteiger partial charge >= 0.3 is 5.97 Å². The lowest BCUT2D eigenvalue weighted by molar-refractivity contribution is -0.384. The Morgan fingerprint density at radius 1 is 1.38 bits per heavy atom. The van der Waals surface area contributed by atoms with Gasteiger partial charge in [0, 0.05) is 24.4 Å². The maximum absolute atomic E-state index is 11.2. The van der Waals surface area contributed by atoms with Crippen LogP contribution in [0.25, 0.3) is 0 Å².